The number of benzene rings is 2. The number of hydrogen-bond acceptors (Lipinski definition) is 5. The molecular weight excluding hydrogens is 444 g/mol. The summed E-state index contributed by atoms with van der Waals surface area (Å²) in [6.07, 6.45) is 3.19. The van der Waals surface area contributed by atoms with Crippen LogP contribution in [0.4, 0.5) is 4.79 Å². The topological polar surface area (TPSA) is 93.7 Å². The third kappa shape index (κ3) is 8.12. The monoisotopic (exact) mass is 480 g/mol. The van der Waals surface area contributed by atoms with E-state index in [1.165, 1.54) is 0 Å². The van der Waals surface area contributed by atoms with E-state index >= 15 is 0 Å². The van der Waals surface area contributed by atoms with Gasteiger partial charge in [0.25, 0.3) is 0 Å². The SMILES string of the molecule is CC(C)(C)OC(=O)N[C@@H](Cc1ccccc1)C(=O)NC1(C(=O)OCc2ccccc2)CCCCC1. The Morgan fingerprint density at radius 2 is 1.46 bits per heavy atom. The Kier molecular flexibility index (Phi) is 8.90. The summed E-state index contributed by atoms with van der Waals surface area (Å²) in [4.78, 5) is 39.3. The van der Waals surface area contributed by atoms with Crippen molar-refractivity contribution in [2.24, 2.45) is 0 Å². The summed E-state index contributed by atoms with van der Waals surface area (Å²) in [7, 11) is 0. The molecule has 0 aliphatic heterocycles. The fourth-order valence-corrected chi connectivity index (χ4v) is 4.23. The van der Waals surface area contributed by atoms with Gasteiger partial charge < -0.3 is 20.1 Å². The minimum Gasteiger partial charge on any atom is -0.459 e. The molecule has 3 rings (SSSR count). The Hall–Kier alpha value is -3.35. The van der Waals surface area contributed by atoms with Gasteiger partial charge in [0.15, 0.2) is 0 Å². The van der Waals surface area contributed by atoms with E-state index in [4.69, 9.17) is 9.47 Å². The van der Waals surface area contributed by atoms with Gasteiger partial charge in [0, 0.05) is 6.42 Å². The van der Waals surface area contributed by atoms with Gasteiger partial charge in [0.1, 0.15) is 23.8 Å². The smallest absolute Gasteiger partial charge is 0.408 e. The molecular formula is C28H36N2O5. The van der Waals surface area contributed by atoms with Crippen LogP contribution in [0.2, 0.25) is 0 Å². The summed E-state index contributed by atoms with van der Waals surface area (Å²) < 4.78 is 11.0. The highest BCUT2D eigenvalue weighted by molar-refractivity contribution is 5.92. The molecule has 0 bridgehead atoms. The molecule has 2 aromatic carbocycles. The van der Waals surface area contributed by atoms with Gasteiger partial charge in [-0.25, -0.2) is 9.59 Å². The Labute approximate surface area is 207 Å². The van der Waals surface area contributed by atoms with E-state index in [1.807, 2.05) is 60.7 Å². The summed E-state index contributed by atoms with van der Waals surface area (Å²) in [5.41, 5.74) is -0.0574. The Bertz CT molecular complexity index is 979. The van der Waals surface area contributed by atoms with Crippen molar-refractivity contribution < 1.29 is 23.9 Å². The standard InChI is InChI=1S/C28H36N2O5/c1-27(2,3)35-26(33)29-23(19-21-13-7-4-8-14-21)24(31)30-28(17-11-6-12-18-28)25(32)34-20-22-15-9-5-10-16-22/h4-5,7-10,13-16,23H,6,11-12,17-20H2,1-3H3,(H,29,33)(H,30,31)/t23-/m0/s1. The maximum atomic E-state index is 13.5. The molecule has 1 aliphatic rings. The lowest BCUT2D eigenvalue weighted by molar-refractivity contribution is -0.157. The van der Waals surface area contributed by atoms with E-state index in [-0.39, 0.29) is 13.0 Å². The summed E-state index contributed by atoms with van der Waals surface area (Å²) in [6, 6.07) is 18.0. The predicted molar refractivity (Wildman–Crippen MR) is 134 cm³/mol. The molecule has 0 spiro atoms. The number of amides is 2. The van der Waals surface area contributed by atoms with Gasteiger partial charge in [-0.3, -0.25) is 4.79 Å². The molecule has 0 saturated heterocycles. The van der Waals surface area contributed by atoms with Crippen molar-refractivity contribution in [1.29, 1.82) is 0 Å². The van der Waals surface area contributed by atoms with Crippen molar-refractivity contribution >= 4 is 18.0 Å². The maximum absolute atomic E-state index is 13.5. The molecule has 1 atom stereocenters. The van der Waals surface area contributed by atoms with E-state index in [1.54, 1.807) is 20.8 Å². The van der Waals surface area contributed by atoms with Crippen LogP contribution in [0.5, 0.6) is 0 Å². The Morgan fingerprint density at radius 1 is 0.886 bits per heavy atom. The quantitative estimate of drug-likeness (QED) is 0.535. The first-order valence-electron chi connectivity index (χ1n) is 12.2. The Morgan fingerprint density at radius 3 is 2.03 bits per heavy atom. The van der Waals surface area contributed by atoms with E-state index < -0.39 is 35.2 Å². The van der Waals surface area contributed by atoms with Crippen molar-refractivity contribution in [2.75, 3.05) is 0 Å². The number of esters is 1. The van der Waals surface area contributed by atoms with Crippen LogP contribution in [0.3, 0.4) is 0 Å². The fourth-order valence-electron chi connectivity index (χ4n) is 4.23. The molecule has 1 saturated carbocycles. The van der Waals surface area contributed by atoms with E-state index in [9.17, 15) is 14.4 Å². The first kappa shape index (κ1) is 26.3. The first-order chi connectivity index (χ1) is 16.7. The molecule has 2 amide bonds. The van der Waals surface area contributed by atoms with Gasteiger partial charge in [-0.1, -0.05) is 79.9 Å². The van der Waals surface area contributed by atoms with E-state index in [0.29, 0.717) is 12.8 Å². The summed E-state index contributed by atoms with van der Waals surface area (Å²) in [6.45, 7) is 5.43. The van der Waals surface area contributed by atoms with Gasteiger partial charge in [-0.2, -0.15) is 0 Å². The zero-order valence-corrected chi connectivity index (χ0v) is 20.8. The number of nitrogens with one attached hydrogen (secondary N) is 2. The number of carbonyl (C=O) groups is 3. The predicted octanol–water partition coefficient (Wildman–Crippen LogP) is 4.68. The third-order valence-corrected chi connectivity index (χ3v) is 5.96. The minimum atomic E-state index is -1.12. The summed E-state index contributed by atoms with van der Waals surface area (Å²) >= 11 is 0. The largest absolute Gasteiger partial charge is 0.459 e. The lowest BCUT2D eigenvalue weighted by Gasteiger charge is -2.37. The zero-order chi connectivity index (χ0) is 25.3. The lowest BCUT2D eigenvalue weighted by Crippen LogP contribution is -2.61. The number of alkyl carbamates (subject to hydrolysis) is 1. The first-order valence-corrected chi connectivity index (χ1v) is 12.2. The molecule has 1 aliphatic carbocycles. The average Bonchev–Trinajstić information content (AvgIpc) is 2.83. The van der Waals surface area contributed by atoms with Crippen molar-refractivity contribution in [3.63, 3.8) is 0 Å². The molecule has 7 nitrogen and oxygen atoms in total. The average molecular weight is 481 g/mol. The van der Waals surface area contributed by atoms with Crippen molar-refractivity contribution in [2.45, 2.75) is 83.1 Å². The minimum absolute atomic E-state index is 0.140. The van der Waals surface area contributed by atoms with Crippen LogP contribution in [-0.2, 0) is 32.1 Å². The van der Waals surface area contributed by atoms with Crippen LogP contribution in [0.15, 0.2) is 60.7 Å². The zero-order valence-electron chi connectivity index (χ0n) is 20.8. The molecule has 0 heterocycles. The van der Waals surface area contributed by atoms with Gasteiger partial charge in [0.2, 0.25) is 5.91 Å². The highest BCUT2D eigenvalue weighted by Crippen LogP contribution is 2.30. The second-order valence-electron chi connectivity index (χ2n) is 10.1. The molecule has 35 heavy (non-hydrogen) atoms. The molecule has 188 valence electrons. The molecule has 2 aromatic rings. The maximum Gasteiger partial charge on any atom is 0.408 e. The summed E-state index contributed by atoms with van der Waals surface area (Å²) in [5, 5.41) is 5.67. The van der Waals surface area contributed by atoms with Crippen LogP contribution in [0, 0.1) is 0 Å². The second-order valence-corrected chi connectivity index (χ2v) is 10.1. The summed E-state index contributed by atoms with van der Waals surface area (Å²) in [5.74, 6) is -0.872. The van der Waals surface area contributed by atoms with Crippen molar-refractivity contribution in [3.8, 4) is 0 Å². The number of hydrogen-bond donors (Lipinski definition) is 2. The molecule has 1 fully saturated rings. The van der Waals surface area contributed by atoms with Crippen LogP contribution < -0.4 is 10.6 Å². The molecule has 0 radical (unpaired) electrons. The van der Waals surface area contributed by atoms with Gasteiger partial charge in [0.05, 0.1) is 0 Å². The van der Waals surface area contributed by atoms with E-state index in [0.717, 1.165) is 30.4 Å². The molecule has 7 heteroatoms. The molecule has 0 aromatic heterocycles. The second kappa shape index (κ2) is 11.9. The third-order valence-electron chi connectivity index (χ3n) is 5.96. The molecule has 0 unspecified atom stereocenters. The van der Waals surface area contributed by atoms with Gasteiger partial charge in [-0.15, -0.1) is 0 Å². The van der Waals surface area contributed by atoms with E-state index in [2.05, 4.69) is 10.6 Å². The number of ether oxygens (including phenoxy) is 2. The highest BCUT2D eigenvalue weighted by Gasteiger charge is 2.43. The van der Waals surface area contributed by atoms with Crippen LogP contribution in [-0.4, -0.2) is 35.2 Å². The van der Waals surface area contributed by atoms with Crippen molar-refractivity contribution in [3.05, 3.63) is 71.8 Å². The van der Waals surface area contributed by atoms with Crippen molar-refractivity contribution in [1.82, 2.24) is 10.6 Å². The number of rotatable bonds is 8. The molecule has 2 N–H and O–H groups in total. The van der Waals surface area contributed by atoms with Crippen LogP contribution >= 0.6 is 0 Å². The van der Waals surface area contributed by atoms with Gasteiger partial charge in [-0.05, 0) is 44.7 Å². The van der Waals surface area contributed by atoms with Crippen LogP contribution in [0.1, 0.15) is 64.0 Å². The number of carbonyl (C=O) groups excluding carboxylic acids is 3. The fraction of sp³-hybridized carbons (Fsp3) is 0.464. The van der Waals surface area contributed by atoms with Gasteiger partial charge >= 0.3 is 12.1 Å². The Balaban J connectivity index is 1.76. The normalized spacial score (nSPS) is 16.0. The highest BCUT2D eigenvalue weighted by atomic mass is 16.6. The van der Waals surface area contributed by atoms with Crippen LogP contribution in [0.25, 0.3) is 0 Å². The lowest BCUT2D eigenvalue weighted by atomic mass is 9.81.